The van der Waals surface area contributed by atoms with Gasteiger partial charge in [0.25, 0.3) is 0 Å². The average Bonchev–Trinajstić information content (AvgIpc) is 2.69. The summed E-state index contributed by atoms with van der Waals surface area (Å²) in [5, 5.41) is 0. The van der Waals surface area contributed by atoms with Gasteiger partial charge in [-0.1, -0.05) is 12.2 Å². The summed E-state index contributed by atoms with van der Waals surface area (Å²) in [4.78, 5) is 37.3. The molecule has 0 amide bonds. The zero-order valence-corrected chi connectivity index (χ0v) is 13.7. The molecule has 0 aromatic carbocycles. The molecule has 0 radical (unpaired) electrons. The number of carbonyl (C=O) groups excluding carboxylic acids is 3. The van der Waals surface area contributed by atoms with E-state index < -0.39 is 23.0 Å². The lowest BCUT2D eigenvalue weighted by Crippen LogP contribution is -2.53. The van der Waals surface area contributed by atoms with Crippen molar-refractivity contribution in [1.29, 1.82) is 0 Å². The molecule has 0 aromatic heterocycles. The monoisotopic (exact) mass is 322 g/mol. The SMILES string of the molecule is C=C1CC(C(=O)OC)(C(=O)OC)C2C1[C@]1(C)CC[C@@H]2CC(=O)O1. The molecular formula is C17H22O6. The second-order valence-electron chi connectivity index (χ2n) is 7.08. The molecular weight excluding hydrogens is 300 g/mol. The molecule has 2 aliphatic carbocycles. The van der Waals surface area contributed by atoms with Crippen LogP contribution in [0.15, 0.2) is 12.2 Å². The zero-order chi connectivity index (χ0) is 17.0. The van der Waals surface area contributed by atoms with Crippen molar-refractivity contribution in [3.8, 4) is 0 Å². The lowest BCUT2D eigenvalue weighted by molar-refractivity contribution is -0.178. The molecule has 4 atom stereocenters. The van der Waals surface area contributed by atoms with Crippen molar-refractivity contribution in [2.45, 2.75) is 38.2 Å². The number of ether oxygens (including phenoxy) is 3. The van der Waals surface area contributed by atoms with E-state index in [9.17, 15) is 14.4 Å². The largest absolute Gasteiger partial charge is 0.468 e. The van der Waals surface area contributed by atoms with Crippen molar-refractivity contribution < 1.29 is 28.6 Å². The van der Waals surface area contributed by atoms with Crippen molar-refractivity contribution >= 4 is 17.9 Å². The van der Waals surface area contributed by atoms with Crippen LogP contribution in [0.3, 0.4) is 0 Å². The number of rotatable bonds is 2. The lowest BCUT2D eigenvalue weighted by Gasteiger charge is -2.45. The molecule has 0 spiro atoms. The summed E-state index contributed by atoms with van der Waals surface area (Å²) in [7, 11) is 2.53. The van der Waals surface area contributed by atoms with Crippen LogP contribution in [0, 0.1) is 23.2 Å². The maximum Gasteiger partial charge on any atom is 0.323 e. The third-order valence-corrected chi connectivity index (χ3v) is 5.93. The Morgan fingerprint density at radius 2 is 1.87 bits per heavy atom. The molecule has 6 nitrogen and oxygen atoms in total. The van der Waals surface area contributed by atoms with Crippen molar-refractivity contribution in [3.63, 3.8) is 0 Å². The minimum Gasteiger partial charge on any atom is -0.468 e. The number of esters is 3. The Morgan fingerprint density at radius 3 is 2.43 bits per heavy atom. The van der Waals surface area contributed by atoms with E-state index in [1.54, 1.807) is 0 Å². The Hall–Kier alpha value is -1.85. The second kappa shape index (κ2) is 5.08. The molecule has 6 heteroatoms. The molecule has 2 heterocycles. The van der Waals surface area contributed by atoms with Gasteiger partial charge in [-0.2, -0.15) is 0 Å². The van der Waals surface area contributed by atoms with Gasteiger partial charge in [0.2, 0.25) is 0 Å². The van der Waals surface area contributed by atoms with E-state index in [0.29, 0.717) is 6.42 Å². The maximum absolute atomic E-state index is 12.6. The second-order valence-corrected chi connectivity index (χ2v) is 7.08. The van der Waals surface area contributed by atoms with E-state index in [-0.39, 0.29) is 36.6 Å². The first kappa shape index (κ1) is 16.0. The molecule has 2 saturated carbocycles. The van der Waals surface area contributed by atoms with Gasteiger partial charge >= 0.3 is 17.9 Å². The third-order valence-electron chi connectivity index (χ3n) is 5.93. The number of hydrogen-bond acceptors (Lipinski definition) is 6. The molecule has 2 saturated heterocycles. The predicted molar refractivity (Wildman–Crippen MR) is 79.0 cm³/mol. The van der Waals surface area contributed by atoms with Gasteiger partial charge in [-0.05, 0) is 38.0 Å². The molecule has 2 unspecified atom stereocenters. The number of fused-ring (bicyclic) bond motifs is 3. The van der Waals surface area contributed by atoms with Crippen LogP contribution >= 0.6 is 0 Å². The summed E-state index contributed by atoms with van der Waals surface area (Å²) < 4.78 is 15.6. The van der Waals surface area contributed by atoms with Gasteiger partial charge in [0.1, 0.15) is 5.60 Å². The quantitative estimate of drug-likeness (QED) is 0.333. The normalized spacial score (nSPS) is 37.6. The van der Waals surface area contributed by atoms with Crippen LogP contribution in [-0.4, -0.2) is 37.7 Å². The first-order valence-corrected chi connectivity index (χ1v) is 7.86. The highest BCUT2D eigenvalue weighted by Crippen LogP contribution is 2.64. The van der Waals surface area contributed by atoms with Gasteiger partial charge in [0, 0.05) is 12.3 Å². The topological polar surface area (TPSA) is 78.9 Å². The number of methoxy groups -OCH3 is 2. The Bertz CT molecular complexity index is 578. The van der Waals surface area contributed by atoms with E-state index in [4.69, 9.17) is 14.2 Å². The maximum atomic E-state index is 12.6. The minimum atomic E-state index is -1.43. The summed E-state index contributed by atoms with van der Waals surface area (Å²) in [5.74, 6) is -2.21. The summed E-state index contributed by atoms with van der Waals surface area (Å²) in [6.07, 6.45) is 1.83. The highest BCUT2D eigenvalue weighted by Gasteiger charge is 2.70. The molecule has 126 valence electrons. The molecule has 2 aliphatic heterocycles. The fraction of sp³-hybridized carbons (Fsp3) is 0.706. The first-order valence-electron chi connectivity index (χ1n) is 7.86. The van der Waals surface area contributed by atoms with Crippen molar-refractivity contribution in [2.24, 2.45) is 23.2 Å². The smallest absolute Gasteiger partial charge is 0.323 e. The Morgan fingerprint density at radius 1 is 1.26 bits per heavy atom. The fourth-order valence-corrected chi connectivity index (χ4v) is 5.14. The van der Waals surface area contributed by atoms with Gasteiger partial charge in [0.05, 0.1) is 14.2 Å². The van der Waals surface area contributed by atoms with E-state index >= 15 is 0 Å². The molecule has 2 bridgehead atoms. The van der Waals surface area contributed by atoms with Crippen LogP contribution < -0.4 is 0 Å². The molecule has 0 N–H and O–H groups in total. The van der Waals surface area contributed by atoms with E-state index in [1.165, 1.54) is 14.2 Å². The van der Waals surface area contributed by atoms with Crippen molar-refractivity contribution in [1.82, 2.24) is 0 Å². The summed E-state index contributed by atoms with van der Waals surface area (Å²) in [5.41, 5.74) is -1.39. The van der Waals surface area contributed by atoms with E-state index in [2.05, 4.69) is 6.58 Å². The van der Waals surface area contributed by atoms with Crippen molar-refractivity contribution in [2.75, 3.05) is 14.2 Å². The summed E-state index contributed by atoms with van der Waals surface area (Å²) in [6, 6.07) is 0. The van der Waals surface area contributed by atoms with Crippen molar-refractivity contribution in [3.05, 3.63) is 12.2 Å². The Labute approximate surface area is 135 Å². The summed E-state index contributed by atoms with van der Waals surface area (Å²) >= 11 is 0. The molecule has 4 aliphatic rings. The van der Waals surface area contributed by atoms with Gasteiger partial charge in [-0.3, -0.25) is 14.4 Å². The van der Waals surface area contributed by atoms with Gasteiger partial charge < -0.3 is 14.2 Å². The highest BCUT2D eigenvalue weighted by atomic mass is 16.6. The fourth-order valence-electron chi connectivity index (χ4n) is 5.14. The highest BCUT2D eigenvalue weighted by molar-refractivity contribution is 6.01. The van der Waals surface area contributed by atoms with Crippen LogP contribution in [0.2, 0.25) is 0 Å². The van der Waals surface area contributed by atoms with E-state index in [0.717, 1.165) is 12.0 Å². The third kappa shape index (κ3) is 1.96. The van der Waals surface area contributed by atoms with Crippen LogP contribution in [0.5, 0.6) is 0 Å². The van der Waals surface area contributed by atoms with Crippen LogP contribution in [-0.2, 0) is 28.6 Å². The molecule has 4 rings (SSSR count). The molecule has 23 heavy (non-hydrogen) atoms. The van der Waals surface area contributed by atoms with Crippen LogP contribution in [0.25, 0.3) is 0 Å². The standard InChI is InChI=1S/C17H22O6/c1-9-8-17(14(19)21-3,15(20)22-4)13-10-5-6-16(2,12(9)13)23-11(18)7-10/h10,12-13H,1,5-8H2,2-4H3/t10-,12?,13?,16+/m1/s1. The molecule has 0 aromatic rings. The average molecular weight is 322 g/mol. The van der Waals surface area contributed by atoms with Gasteiger partial charge in [0.15, 0.2) is 5.41 Å². The Balaban J connectivity index is 2.18. The lowest BCUT2D eigenvalue weighted by atomic mass is 9.59. The molecule has 4 fully saturated rings. The van der Waals surface area contributed by atoms with Gasteiger partial charge in [-0.15, -0.1) is 0 Å². The van der Waals surface area contributed by atoms with Gasteiger partial charge in [-0.25, -0.2) is 0 Å². The number of carbonyl (C=O) groups is 3. The Kier molecular flexibility index (Phi) is 3.54. The zero-order valence-electron chi connectivity index (χ0n) is 13.7. The van der Waals surface area contributed by atoms with E-state index in [1.807, 2.05) is 6.92 Å². The summed E-state index contributed by atoms with van der Waals surface area (Å²) in [6.45, 7) is 5.97. The van der Waals surface area contributed by atoms with Crippen LogP contribution in [0.1, 0.15) is 32.6 Å². The predicted octanol–water partition coefficient (Wildman–Crippen LogP) is 1.63. The number of hydrogen-bond donors (Lipinski definition) is 0. The van der Waals surface area contributed by atoms with Crippen LogP contribution in [0.4, 0.5) is 0 Å². The minimum absolute atomic E-state index is 0.111. The first-order chi connectivity index (χ1) is 10.8.